The van der Waals surface area contributed by atoms with Crippen LogP contribution in [0.1, 0.15) is 21.7 Å². The van der Waals surface area contributed by atoms with Crippen LogP contribution in [0, 0.1) is 5.82 Å². The van der Waals surface area contributed by atoms with Crippen molar-refractivity contribution in [3.63, 3.8) is 0 Å². The highest BCUT2D eigenvalue weighted by Gasteiger charge is 2.25. The first-order valence-electron chi connectivity index (χ1n) is 9.68. The molecule has 1 fully saturated rings. The normalized spacial score (nSPS) is 15.1. The van der Waals surface area contributed by atoms with Crippen molar-refractivity contribution in [2.45, 2.75) is 13.1 Å². The molecular formula is C21H28FN5O2. The highest BCUT2D eigenvalue weighted by Crippen LogP contribution is 2.13. The number of benzene rings is 1. The van der Waals surface area contributed by atoms with Crippen LogP contribution in [0.15, 0.2) is 46.0 Å². The van der Waals surface area contributed by atoms with Crippen LogP contribution in [0.3, 0.4) is 0 Å². The Labute approximate surface area is 170 Å². The number of amides is 1. The molecule has 0 bridgehead atoms. The van der Waals surface area contributed by atoms with E-state index in [1.165, 1.54) is 12.3 Å². The van der Waals surface area contributed by atoms with Crippen molar-refractivity contribution in [1.82, 2.24) is 20.0 Å². The number of carbonyl (C=O) groups is 1. The van der Waals surface area contributed by atoms with Crippen LogP contribution in [0.2, 0.25) is 0 Å². The third-order valence-corrected chi connectivity index (χ3v) is 4.86. The minimum Gasteiger partial charge on any atom is -0.459 e. The number of hydrogen-bond acceptors (Lipinski definition) is 4. The molecule has 1 N–H and O–H groups in total. The Morgan fingerprint density at radius 3 is 2.55 bits per heavy atom. The number of rotatable bonds is 5. The van der Waals surface area contributed by atoms with E-state index in [-0.39, 0.29) is 11.7 Å². The first-order chi connectivity index (χ1) is 14.0. The highest BCUT2D eigenvalue weighted by atomic mass is 19.1. The predicted octanol–water partition coefficient (Wildman–Crippen LogP) is 2.01. The average molecular weight is 401 g/mol. The summed E-state index contributed by atoms with van der Waals surface area (Å²) in [6.07, 6.45) is 1.51. The van der Waals surface area contributed by atoms with Crippen molar-refractivity contribution < 1.29 is 13.6 Å². The molecule has 0 aliphatic carbocycles. The lowest BCUT2D eigenvalue weighted by Gasteiger charge is -2.36. The number of furan rings is 1. The molecule has 1 amide bonds. The summed E-state index contributed by atoms with van der Waals surface area (Å²) in [5, 5.41) is 3.34. The van der Waals surface area contributed by atoms with E-state index in [4.69, 9.17) is 4.42 Å². The van der Waals surface area contributed by atoms with Gasteiger partial charge in [0.2, 0.25) is 0 Å². The fraction of sp³-hybridized carbons (Fsp3) is 0.429. The Morgan fingerprint density at radius 2 is 1.93 bits per heavy atom. The smallest absolute Gasteiger partial charge is 0.289 e. The molecule has 0 saturated carbocycles. The number of aliphatic imine (C=N–C) groups is 1. The van der Waals surface area contributed by atoms with Crippen LogP contribution in [0.4, 0.5) is 4.39 Å². The number of nitrogens with zero attached hydrogens (tertiary/aromatic N) is 4. The van der Waals surface area contributed by atoms with E-state index >= 15 is 0 Å². The van der Waals surface area contributed by atoms with E-state index in [1.54, 1.807) is 30.1 Å². The van der Waals surface area contributed by atoms with Gasteiger partial charge in [0.15, 0.2) is 11.7 Å². The topological polar surface area (TPSA) is 64.3 Å². The monoisotopic (exact) mass is 401 g/mol. The summed E-state index contributed by atoms with van der Waals surface area (Å²) >= 11 is 0. The molecule has 3 rings (SSSR count). The zero-order chi connectivity index (χ0) is 20.8. The maximum atomic E-state index is 14.0. The lowest BCUT2D eigenvalue weighted by molar-refractivity contribution is 0.0657. The van der Waals surface area contributed by atoms with Crippen LogP contribution in [-0.2, 0) is 13.1 Å². The molecule has 0 radical (unpaired) electrons. The van der Waals surface area contributed by atoms with Gasteiger partial charge in [-0.2, -0.15) is 0 Å². The van der Waals surface area contributed by atoms with Crippen LogP contribution < -0.4 is 5.32 Å². The average Bonchev–Trinajstić information content (AvgIpc) is 3.25. The van der Waals surface area contributed by atoms with Gasteiger partial charge in [-0.1, -0.05) is 6.07 Å². The van der Waals surface area contributed by atoms with Crippen molar-refractivity contribution in [1.29, 1.82) is 0 Å². The number of hydrogen-bond donors (Lipinski definition) is 1. The van der Waals surface area contributed by atoms with Gasteiger partial charge in [0.25, 0.3) is 5.91 Å². The molecule has 0 atom stereocenters. The number of piperazine rings is 1. The standard InChI is InChI=1S/C21H28FN5O2/c1-23-21(24-14-16-6-7-18(22)17(13-16)15-25(2)3)27-10-8-26(9-11-27)20(28)19-5-4-12-29-19/h4-7,12-13H,8-11,14-15H2,1-3H3,(H,23,24). The first kappa shape index (κ1) is 20.9. The second-order valence-electron chi connectivity index (χ2n) is 7.32. The van der Waals surface area contributed by atoms with Gasteiger partial charge in [0.1, 0.15) is 5.82 Å². The fourth-order valence-electron chi connectivity index (χ4n) is 3.39. The van der Waals surface area contributed by atoms with Gasteiger partial charge < -0.3 is 24.4 Å². The van der Waals surface area contributed by atoms with Crippen LogP contribution in [0.5, 0.6) is 0 Å². The lowest BCUT2D eigenvalue weighted by Crippen LogP contribution is -2.53. The molecule has 7 nitrogen and oxygen atoms in total. The molecule has 1 aliphatic rings. The molecule has 2 aromatic rings. The third kappa shape index (κ3) is 5.35. The van der Waals surface area contributed by atoms with E-state index in [1.807, 2.05) is 25.1 Å². The number of halogens is 1. The van der Waals surface area contributed by atoms with Gasteiger partial charge in [0.05, 0.1) is 6.26 Å². The molecular weight excluding hydrogens is 373 g/mol. The second-order valence-corrected chi connectivity index (χ2v) is 7.32. The molecule has 156 valence electrons. The highest BCUT2D eigenvalue weighted by molar-refractivity contribution is 5.91. The van der Waals surface area contributed by atoms with E-state index in [9.17, 15) is 9.18 Å². The largest absolute Gasteiger partial charge is 0.459 e. The summed E-state index contributed by atoms with van der Waals surface area (Å²) in [5.74, 6) is 0.862. The van der Waals surface area contributed by atoms with E-state index < -0.39 is 0 Å². The molecule has 8 heteroatoms. The summed E-state index contributed by atoms with van der Waals surface area (Å²) in [7, 11) is 5.58. The summed E-state index contributed by atoms with van der Waals surface area (Å²) in [4.78, 5) is 22.6. The van der Waals surface area contributed by atoms with Crippen LogP contribution in [0.25, 0.3) is 0 Å². The summed E-state index contributed by atoms with van der Waals surface area (Å²) in [6.45, 7) is 3.68. The van der Waals surface area contributed by atoms with Gasteiger partial charge in [-0.05, 0) is 43.9 Å². The minimum absolute atomic E-state index is 0.0858. The van der Waals surface area contributed by atoms with Crippen LogP contribution in [-0.4, -0.2) is 73.9 Å². The van der Waals surface area contributed by atoms with Gasteiger partial charge in [-0.15, -0.1) is 0 Å². The van der Waals surface area contributed by atoms with Crippen LogP contribution >= 0.6 is 0 Å². The SMILES string of the molecule is CN=C(NCc1ccc(F)c(CN(C)C)c1)N1CCN(C(=O)c2ccco2)CC1. The maximum Gasteiger partial charge on any atom is 0.289 e. The molecule has 29 heavy (non-hydrogen) atoms. The summed E-state index contributed by atoms with van der Waals surface area (Å²) < 4.78 is 19.2. The van der Waals surface area contributed by atoms with Crippen molar-refractivity contribution in [2.24, 2.45) is 4.99 Å². The predicted molar refractivity (Wildman–Crippen MR) is 110 cm³/mol. The maximum absolute atomic E-state index is 14.0. The Bertz CT molecular complexity index is 843. The molecule has 1 saturated heterocycles. The Balaban J connectivity index is 1.54. The van der Waals surface area contributed by atoms with Gasteiger partial charge in [-0.3, -0.25) is 9.79 Å². The van der Waals surface area contributed by atoms with E-state index in [0.717, 1.165) is 11.5 Å². The van der Waals surface area contributed by atoms with E-state index in [0.29, 0.717) is 50.6 Å². The number of guanidine groups is 1. The summed E-state index contributed by atoms with van der Waals surface area (Å²) in [6, 6.07) is 8.58. The van der Waals surface area contributed by atoms with Gasteiger partial charge >= 0.3 is 0 Å². The zero-order valence-corrected chi connectivity index (χ0v) is 17.2. The molecule has 1 aliphatic heterocycles. The molecule has 1 aromatic heterocycles. The zero-order valence-electron chi connectivity index (χ0n) is 17.2. The van der Waals surface area contributed by atoms with Crippen molar-refractivity contribution in [3.8, 4) is 0 Å². The summed E-state index contributed by atoms with van der Waals surface area (Å²) in [5.41, 5.74) is 1.67. The quantitative estimate of drug-likeness (QED) is 0.613. The molecule has 0 spiro atoms. The Hall–Kier alpha value is -2.87. The minimum atomic E-state index is -0.191. The van der Waals surface area contributed by atoms with Crippen molar-refractivity contribution >= 4 is 11.9 Å². The van der Waals surface area contributed by atoms with Gasteiger partial charge in [0, 0.05) is 51.9 Å². The third-order valence-electron chi connectivity index (χ3n) is 4.86. The molecule has 1 aromatic carbocycles. The number of carbonyl (C=O) groups excluding carboxylic acids is 1. The number of nitrogens with one attached hydrogen (secondary N) is 1. The van der Waals surface area contributed by atoms with E-state index in [2.05, 4.69) is 15.2 Å². The Kier molecular flexibility index (Phi) is 6.87. The van der Waals surface area contributed by atoms with Gasteiger partial charge in [-0.25, -0.2) is 4.39 Å². The molecule has 2 heterocycles. The lowest BCUT2D eigenvalue weighted by atomic mass is 10.1. The fourth-order valence-corrected chi connectivity index (χ4v) is 3.39. The second kappa shape index (κ2) is 9.56. The molecule has 0 unspecified atom stereocenters. The van der Waals surface area contributed by atoms with Crippen molar-refractivity contribution in [3.05, 3.63) is 59.3 Å². The Morgan fingerprint density at radius 1 is 1.21 bits per heavy atom. The van der Waals surface area contributed by atoms with Crippen molar-refractivity contribution in [2.75, 3.05) is 47.3 Å². The first-order valence-corrected chi connectivity index (χ1v) is 9.68.